The van der Waals surface area contributed by atoms with E-state index in [1.165, 1.54) is 6.92 Å². The molecule has 0 saturated carbocycles. The average Bonchev–Trinajstić information content (AvgIpc) is 2.62. The molecule has 35 atom stereocenters. The minimum absolute atomic E-state index is 0.759. The maximum Gasteiger partial charge on any atom is 0.217 e. The Kier molecular flexibility index (Phi) is 26.0. The molecule has 0 radical (unpaired) electrons. The summed E-state index contributed by atoms with van der Waals surface area (Å²) in [4.78, 5) is 50.9. The lowest BCUT2D eigenvalue weighted by atomic mass is 9.93. The van der Waals surface area contributed by atoms with Crippen molar-refractivity contribution in [2.75, 3.05) is 39.6 Å². The number of aliphatic hydroxyl groups is 18. The maximum absolute atomic E-state index is 13.0. The summed E-state index contributed by atoms with van der Waals surface area (Å²) in [7, 11) is 0. The Morgan fingerprint density at radius 1 is 0.315 bits per heavy atom. The van der Waals surface area contributed by atoms with Crippen LogP contribution in [-0.2, 0) is 80.8 Å². The molecule has 39 nitrogen and oxygen atoms in total. The highest BCUT2D eigenvalue weighted by molar-refractivity contribution is 5.74. The van der Waals surface area contributed by atoms with Gasteiger partial charge in [0.1, 0.15) is 165 Å². The molecule has 7 aliphatic rings. The third-order valence-electron chi connectivity index (χ3n) is 16.1. The number of ether oxygens (including phenoxy) is 13. The van der Waals surface area contributed by atoms with Crippen molar-refractivity contribution < 1.29 is 173 Å². The summed E-state index contributed by atoms with van der Waals surface area (Å²) in [6, 6.07) is -6.99. The van der Waals surface area contributed by atoms with Gasteiger partial charge in [0.05, 0.1) is 45.7 Å². The molecule has 0 unspecified atom stereocenters. The molecule has 7 fully saturated rings. The molecule has 0 aromatic heterocycles. The molecule has 0 aromatic carbocycles. The fraction of sp³-hybridized carbons (Fsp3) is 0.920. The van der Waals surface area contributed by atoms with Crippen molar-refractivity contribution in [3.8, 4) is 0 Å². The van der Waals surface area contributed by atoms with E-state index in [4.69, 9.17) is 61.6 Å². The smallest absolute Gasteiger partial charge is 0.217 e. The van der Waals surface area contributed by atoms with Gasteiger partial charge in [0.15, 0.2) is 44.0 Å². The predicted molar refractivity (Wildman–Crippen MR) is 277 cm³/mol. The Balaban J connectivity index is 1.23. The van der Waals surface area contributed by atoms with E-state index < -0.39 is 278 Å². The van der Waals surface area contributed by atoms with Crippen LogP contribution >= 0.6 is 0 Å². The van der Waals surface area contributed by atoms with Crippen LogP contribution < -0.4 is 21.3 Å². The summed E-state index contributed by atoms with van der Waals surface area (Å²) in [6.07, 6.45) is -60.0. The first kappa shape index (κ1) is 73.1. The molecule has 7 saturated heterocycles. The van der Waals surface area contributed by atoms with E-state index in [9.17, 15) is 111 Å². The molecular weight excluding hydrogens is 1220 g/mol. The number of amides is 4. The number of aliphatic hydroxyl groups excluding tert-OH is 18. The van der Waals surface area contributed by atoms with Crippen LogP contribution in [0, 0.1) is 0 Å². The van der Waals surface area contributed by atoms with Crippen LogP contribution in [0.15, 0.2) is 0 Å². The van der Waals surface area contributed by atoms with Crippen molar-refractivity contribution >= 4 is 23.6 Å². The van der Waals surface area contributed by atoms with Crippen LogP contribution in [0.4, 0.5) is 0 Å². The highest BCUT2D eigenvalue weighted by atomic mass is 16.8. The Morgan fingerprint density at radius 2 is 0.640 bits per heavy atom. The topological polar surface area (TPSA) is 601 Å². The molecule has 4 amide bonds. The Morgan fingerprint density at radius 3 is 1.15 bits per heavy atom. The molecule has 0 aromatic rings. The van der Waals surface area contributed by atoms with Crippen molar-refractivity contribution in [1.82, 2.24) is 21.3 Å². The van der Waals surface area contributed by atoms with Gasteiger partial charge in [-0.15, -0.1) is 0 Å². The molecule has 0 bridgehead atoms. The SMILES string of the molecule is CC(=O)N[C@@H]1[C@@H](O[C@@H]2O[C@H](CO)[C@H](O)[C@H](O[C@H]3O[C@H](CO)[C@H](O)[C@H](O[C@H]4O[C@H](CO)[C@H](O)[C@H](O)[C@H]4O)[C@H]3NC(C)=O)[C@H]2O[C@@H]2O[C@@H](C)[C@@H](O)[C@@H](O)[C@@H]2O)[C@@H](O)[C@@H](CO[C@@H]2O[C@H](CO)[C@@H](O)[C@H](O[C@@H]3O[C@H](CO)[C@@H](O)[C@H](O)[C@H]3NC(C)=O)[C@H]2NC(C)=O)O[C@@H]1O. The van der Waals surface area contributed by atoms with E-state index in [2.05, 4.69) is 21.3 Å². The molecule has 7 heterocycles. The average molecular weight is 1300 g/mol. The number of nitrogens with one attached hydrogen (secondary N) is 4. The Hall–Kier alpha value is -3.36. The highest BCUT2D eigenvalue weighted by Gasteiger charge is 2.59. The van der Waals surface area contributed by atoms with Crippen molar-refractivity contribution in [2.45, 2.75) is 249 Å². The van der Waals surface area contributed by atoms with Gasteiger partial charge in [0.2, 0.25) is 23.6 Å². The van der Waals surface area contributed by atoms with Gasteiger partial charge in [-0.25, -0.2) is 0 Å². The first-order chi connectivity index (χ1) is 42.0. The zero-order valence-electron chi connectivity index (χ0n) is 48.4. The Labute approximate surface area is 505 Å². The molecule has 39 heteroatoms. The lowest BCUT2D eigenvalue weighted by molar-refractivity contribution is -0.400. The molecular formula is C50H84N4O35. The van der Waals surface area contributed by atoms with Gasteiger partial charge in [-0.05, 0) is 6.92 Å². The zero-order valence-corrected chi connectivity index (χ0v) is 48.4. The second kappa shape index (κ2) is 31.7. The van der Waals surface area contributed by atoms with E-state index in [1.54, 1.807) is 0 Å². The van der Waals surface area contributed by atoms with Gasteiger partial charge in [-0.3, -0.25) is 19.2 Å². The lowest BCUT2D eigenvalue weighted by Crippen LogP contribution is -2.71. The molecule has 7 aliphatic heterocycles. The minimum Gasteiger partial charge on any atom is -0.394 e. The van der Waals surface area contributed by atoms with Crippen LogP contribution in [0.2, 0.25) is 0 Å². The molecule has 0 aliphatic carbocycles. The standard InChI is InChI=1S/C50H84N4O35/c1-12-27(64)35(72)37(74)48(78-12)89-43-42(88-47-26(54-16(5)63)41(31(68)20(9-58)82-47)86-49-38(75)36(73)29(66)18(7-56)83-49)32(69)21(10-59)84-50(43)87-39-24(52-14(3)61)44(76)79-22(33(39)70)11-77-45-25(53-15(4)62)40(30(67)19(8-57)80-45)85-46-23(51-13(2)60)34(71)28(65)17(6-55)81-46/h12,17-50,55-59,64-76H,6-11H2,1-5H3,(H,51,60)(H,52,61)(H,53,62)(H,54,63)/t12-,17+,18+,19+,20+,21+,22+,23+,24+,25+,26+,27+,28+,29-,30+,31-,32-,33-,34+,35+,36-,37-,38+,39+,40+,41+,42-,43+,44-,45+,46-,47+,48-,49+,50-/m0/s1. The normalized spacial score (nSPS) is 48.0. The van der Waals surface area contributed by atoms with Crippen LogP contribution in [0.1, 0.15) is 34.6 Å². The second-order valence-corrected chi connectivity index (χ2v) is 22.5. The van der Waals surface area contributed by atoms with Crippen molar-refractivity contribution in [1.29, 1.82) is 0 Å². The van der Waals surface area contributed by atoms with E-state index in [-0.39, 0.29) is 0 Å². The minimum atomic E-state index is -2.26. The van der Waals surface area contributed by atoms with Gasteiger partial charge in [0.25, 0.3) is 0 Å². The second-order valence-electron chi connectivity index (χ2n) is 22.5. The highest BCUT2D eigenvalue weighted by Crippen LogP contribution is 2.38. The van der Waals surface area contributed by atoms with Crippen molar-refractivity contribution in [3.63, 3.8) is 0 Å². The summed E-state index contributed by atoms with van der Waals surface area (Å²) in [5.41, 5.74) is 0. The summed E-state index contributed by atoms with van der Waals surface area (Å²) < 4.78 is 77.4. The number of hydrogen-bond donors (Lipinski definition) is 22. The van der Waals surface area contributed by atoms with E-state index >= 15 is 0 Å². The van der Waals surface area contributed by atoms with Gasteiger partial charge >= 0.3 is 0 Å². The monoisotopic (exact) mass is 1300 g/mol. The van der Waals surface area contributed by atoms with Gasteiger partial charge < -0.3 is 175 Å². The van der Waals surface area contributed by atoms with Gasteiger partial charge in [0, 0.05) is 27.7 Å². The van der Waals surface area contributed by atoms with E-state index in [1.807, 2.05) is 0 Å². The molecule has 89 heavy (non-hydrogen) atoms. The summed E-state index contributed by atoms with van der Waals surface area (Å²) in [5.74, 6) is -3.38. The zero-order chi connectivity index (χ0) is 65.8. The van der Waals surface area contributed by atoms with E-state index in [0.717, 1.165) is 27.7 Å². The largest absolute Gasteiger partial charge is 0.394 e. The molecule has 514 valence electrons. The van der Waals surface area contributed by atoms with Crippen LogP contribution in [0.3, 0.4) is 0 Å². The molecule has 22 N–H and O–H groups in total. The Bertz CT molecular complexity index is 2290. The number of carbonyl (C=O) groups excluding carboxylic acids is 4. The molecule has 7 rings (SSSR count). The fourth-order valence-electron chi connectivity index (χ4n) is 11.4. The summed E-state index contributed by atoms with van der Waals surface area (Å²) in [5, 5.41) is 207. The fourth-order valence-corrected chi connectivity index (χ4v) is 11.4. The van der Waals surface area contributed by atoms with Crippen molar-refractivity contribution in [3.05, 3.63) is 0 Å². The van der Waals surface area contributed by atoms with Crippen molar-refractivity contribution in [2.24, 2.45) is 0 Å². The summed E-state index contributed by atoms with van der Waals surface area (Å²) in [6.45, 7) is -0.659. The number of carbonyl (C=O) groups is 4. The first-order valence-electron chi connectivity index (χ1n) is 28.5. The van der Waals surface area contributed by atoms with Crippen LogP contribution in [-0.4, -0.2) is 370 Å². The van der Waals surface area contributed by atoms with Crippen LogP contribution in [0.5, 0.6) is 0 Å². The first-order valence-corrected chi connectivity index (χ1v) is 28.5. The third-order valence-corrected chi connectivity index (χ3v) is 16.1. The van der Waals surface area contributed by atoms with Crippen LogP contribution in [0.25, 0.3) is 0 Å². The number of rotatable bonds is 22. The van der Waals surface area contributed by atoms with E-state index in [0.29, 0.717) is 0 Å². The summed E-state index contributed by atoms with van der Waals surface area (Å²) >= 11 is 0. The predicted octanol–water partition coefficient (Wildman–Crippen LogP) is -14.7. The molecule has 0 spiro atoms. The van der Waals surface area contributed by atoms with Gasteiger partial charge in [-0.2, -0.15) is 0 Å². The lowest BCUT2D eigenvalue weighted by Gasteiger charge is -2.52. The van der Waals surface area contributed by atoms with Gasteiger partial charge in [-0.1, -0.05) is 0 Å². The number of hydrogen-bond acceptors (Lipinski definition) is 35. The maximum atomic E-state index is 13.0. The quantitative estimate of drug-likeness (QED) is 0.0479. The third kappa shape index (κ3) is 16.4.